The van der Waals surface area contributed by atoms with Gasteiger partial charge < -0.3 is 20.2 Å². The minimum Gasteiger partial charge on any atom is -0.469 e. The van der Waals surface area contributed by atoms with Crippen LogP contribution in [-0.2, 0) is 33.5 Å². The largest absolute Gasteiger partial charge is 0.469 e. The van der Waals surface area contributed by atoms with Gasteiger partial charge in [0.25, 0.3) is 0 Å². The highest BCUT2D eigenvalue weighted by Gasteiger charge is 2.15. The van der Waals surface area contributed by atoms with Crippen LogP contribution < -0.4 is 20.9 Å². The monoisotopic (exact) mass is 462 g/mol. The molecule has 2 heterocycles. The number of esters is 1. The van der Waals surface area contributed by atoms with Crippen molar-refractivity contribution in [1.82, 2.24) is 24.2 Å². The van der Waals surface area contributed by atoms with Gasteiger partial charge in [0, 0.05) is 13.1 Å². The van der Waals surface area contributed by atoms with Crippen LogP contribution in [-0.4, -0.2) is 50.0 Å². The zero-order valence-corrected chi connectivity index (χ0v) is 18.7. The van der Waals surface area contributed by atoms with E-state index in [1.165, 1.54) is 11.7 Å². The normalized spacial score (nSPS) is 12.1. The molecular formula is C20H26N6O5S. The van der Waals surface area contributed by atoms with Gasteiger partial charge in [-0.2, -0.15) is 9.97 Å². The number of aromatic amines is 1. The third-order valence-electron chi connectivity index (χ3n) is 4.62. The summed E-state index contributed by atoms with van der Waals surface area (Å²) in [4.78, 5) is 35.4. The summed E-state index contributed by atoms with van der Waals surface area (Å²) in [7, 11) is -0.220. The smallest absolute Gasteiger partial charge is 0.327 e. The minimum absolute atomic E-state index is 0.0933. The van der Waals surface area contributed by atoms with Crippen molar-refractivity contribution in [3.05, 3.63) is 40.3 Å². The summed E-state index contributed by atoms with van der Waals surface area (Å²) in [5, 5.41) is 0. The molecule has 1 aromatic carbocycles. The van der Waals surface area contributed by atoms with E-state index in [0.717, 1.165) is 12.8 Å². The van der Waals surface area contributed by atoms with Crippen LogP contribution in [0.15, 0.2) is 34.0 Å². The molecule has 0 spiro atoms. The van der Waals surface area contributed by atoms with Crippen molar-refractivity contribution in [3.63, 3.8) is 0 Å². The molecule has 0 amide bonds. The number of unbranched alkanes of at least 4 members (excludes halogenated alkanes) is 1. The number of anilines is 1. The highest BCUT2D eigenvalue weighted by molar-refractivity contribution is 7.83. The van der Waals surface area contributed by atoms with Crippen LogP contribution in [0, 0.1) is 0 Å². The Morgan fingerprint density at radius 1 is 1.34 bits per heavy atom. The van der Waals surface area contributed by atoms with Crippen LogP contribution >= 0.6 is 0 Å². The summed E-state index contributed by atoms with van der Waals surface area (Å²) < 4.78 is 27.0. The first-order chi connectivity index (χ1) is 15.4. The first-order valence-electron chi connectivity index (χ1n) is 10.1. The fourth-order valence-electron chi connectivity index (χ4n) is 2.95. The highest BCUT2D eigenvalue weighted by Crippen LogP contribution is 2.17. The predicted molar refractivity (Wildman–Crippen MR) is 120 cm³/mol. The zero-order valence-electron chi connectivity index (χ0n) is 17.9. The lowest BCUT2D eigenvalue weighted by Crippen LogP contribution is -2.27. The van der Waals surface area contributed by atoms with E-state index in [-0.39, 0.29) is 37.3 Å². The molecule has 3 aromatic rings. The van der Waals surface area contributed by atoms with Gasteiger partial charge in [0.15, 0.2) is 11.5 Å². The van der Waals surface area contributed by atoms with Gasteiger partial charge in [0.2, 0.25) is 0 Å². The standard InChI is InChI=1S/C20H26N6O5S/c1-3-4-10-31-19-24-17(21)16-18(25-19)26(20(28)23-16)9-8-22-32(29)14-7-5-6-13(11-14)12-15(27)30-2/h5-7,11,22H,3-4,8-10,12H2,1-2H3,(H,23,28)(H2,21,24,25). The number of aromatic nitrogens is 4. The van der Waals surface area contributed by atoms with Crippen molar-refractivity contribution in [3.8, 4) is 6.01 Å². The topological polar surface area (TPSA) is 154 Å². The van der Waals surface area contributed by atoms with Gasteiger partial charge in [-0.1, -0.05) is 25.5 Å². The van der Waals surface area contributed by atoms with E-state index in [2.05, 4.69) is 24.4 Å². The Hall–Kier alpha value is -3.25. The Bertz CT molecular complexity index is 1170. The van der Waals surface area contributed by atoms with Crippen LogP contribution in [0.3, 0.4) is 0 Å². The second-order valence-corrected chi connectivity index (χ2v) is 8.23. The number of nitrogens with two attached hydrogens (primary N) is 1. The lowest BCUT2D eigenvalue weighted by atomic mass is 10.1. The second kappa shape index (κ2) is 10.9. The molecule has 0 bridgehead atoms. The number of H-pyrrole nitrogens is 1. The summed E-state index contributed by atoms with van der Waals surface area (Å²) >= 11 is 0. The maximum Gasteiger partial charge on any atom is 0.327 e. The Balaban J connectivity index is 1.69. The number of nitrogens with one attached hydrogen (secondary N) is 2. The molecule has 3 rings (SSSR count). The lowest BCUT2D eigenvalue weighted by Gasteiger charge is -2.08. The number of hydrogen-bond acceptors (Lipinski definition) is 8. The van der Waals surface area contributed by atoms with Crippen LogP contribution in [0.2, 0.25) is 0 Å². The first-order valence-corrected chi connectivity index (χ1v) is 11.3. The van der Waals surface area contributed by atoms with Crippen molar-refractivity contribution in [2.24, 2.45) is 0 Å². The fraction of sp³-hybridized carbons (Fsp3) is 0.400. The molecule has 0 aliphatic rings. The summed E-state index contributed by atoms with van der Waals surface area (Å²) in [5.74, 6) is -0.254. The average molecular weight is 463 g/mol. The third-order valence-corrected chi connectivity index (χ3v) is 5.76. The van der Waals surface area contributed by atoms with E-state index in [1.807, 2.05) is 6.92 Å². The molecule has 172 valence electrons. The number of imidazole rings is 1. The molecule has 0 aliphatic carbocycles. The van der Waals surface area contributed by atoms with Crippen molar-refractivity contribution in [1.29, 1.82) is 0 Å². The molecule has 12 heteroatoms. The van der Waals surface area contributed by atoms with Crippen LogP contribution in [0.25, 0.3) is 11.2 Å². The quantitative estimate of drug-likeness (QED) is 0.281. The molecule has 0 fully saturated rings. The van der Waals surface area contributed by atoms with Gasteiger partial charge in [-0.3, -0.25) is 9.36 Å². The summed E-state index contributed by atoms with van der Waals surface area (Å²) in [6.07, 6.45) is 1.90. The molecule has 0 saturated heterocycles. The Labute approximate surface area is 186 Å². The molecule has 11 nitrogen and oxygen atoms in total. The van der Waals surface area contributed by atoms with Gasteiger partial charge >= 0.3 is 17.7 Å². The second-order valence-electron chi connectivity index (χ2n) is 6.94. The van der Waals surface area contributed by atoms with Crippen molar-refractivity contribution in [2.45, 2.75) is 37.6 Å². The van der Waals surface area contributed by atoms with Gasteiger partial charge in [-0.15, -0.1) is 0 Å². The molecule has 0 aliphatic heterocycles. The van der Waals surface area contributed by atoms with Crippen LogP contribution in [0.1, 0.15) is 25.3 Å². The SMILES string of the molecule is CCCCOc1nc(N)c2[nH]c(=O)n(CCNS(=O)c3cccc(CC(=O)OC)c3)c2n1. The molecule has 1 atom stereocenters. The van der Waals surface area contributed by atoms with Gasteiger partial charge in [-0.05, 0) is 24.1 Å². The van der Waals surface area contributed by atoms with Crippen LogP contribution in [0.4, 0.5) is 5.82 Å². The number of carbonyl (C=O) groups excluding carboxylic acids is 1. The van der Waals surface area contributed by atoms with E-state index in [1.54, 1.807) is 24.3 Å². The van der Waals surface area contributed by atoms with Crippen molar-refractivity contribution < 1.29 is 18.5 Å². The predicted octanol–water partition coefficient (Wildman–Crippen LogP) is 0.909. The number of carbonyl (C=O) groups is 1. The molecule has 2 aromatic heterocycles. The average Bonchev–Trinajstić information content (AvgIpc) is 3.10. The van der Waals surface area contributed by atoms with Crippen molar-refractivity contribution in [2.75, 3.05) is 26.0 Å². The number of ether oxygens (including phenoxy) is 2. The van der Waals surface area contributed by atoms with Gasteiger partial charge in [0.05, 0.1) is 25.0 Å². The number of hydrogen-bond donors (Lipinski definition) is 3. The van der Waals surface area contributed by atoms with Gasteiger partial charge in [0.1, 0.15) is 16.5 Å². The van der Waals surface area contributed by atoms with E-state index < -0.39 is 16.7 Å². The zero-order chi connectivity index (χ0) is 23.1. The van der Waals surface area contributed by atoms with Crippen LogP contribution in [0.5, 0.6) is 6.01 Å². The molecule has 32 heavy (non-hydrogen) atoms. The maximum absolute atomic E-state index is 12.6. The lowest BCUT2D eigenvalue weighted by molar-refractivity contribution is -0.139. The molecule has 4 N–H and O–H groups in total. The number of rotatable bonds is 11. The van der Waals surface area contributed by atoms with E-state index in [4.69, 9.17) is 10.5 Å². The third kappa shape index (κ3) is 5.71. The molecular weight excluding hydrogens is 436 g/mol. The molecule has 1 unspecified atom stereocenters. The Morgan fingerprint density at radius 2 is 2.16 bits per heavy atom. The molecule has 0 saturated carbocycles. The number of benzene rings is 1. The summed E-state index contributed by atoms with van der Waals surface area (Å²) in [5.41, 5.74) is 6.88. The number of methoxy groups -OCH3 is 1. The first kappa shape index (κ1) is 23.4. The van der Waals surface area contributed by atoms with Gasteiger partial charge in [-0.25, -0.2) is 13.7 Å². The van der Waals surface area contributed by atoms with Crippen molar-refractivity contribution >= 4 is 33.9 Å². The summed E-state index contributed by atoms with van der Waals surface area (Å²) in [6.45, 7) is 2.90. The number of nitrogens with zero attached hydrogens (tertiary/aromatic N) is 3. The number of fused-ring (bicyclic) bond motifs is 1. The Morgan fingerprint density at radius 3 is 2.91 bits per heavy atom. The number of nitrogen functional groups attached to an aromatic ring is 1. The highest BCUT2D eigenvalue weighted by atomic mass is 32.2. The summed E-state index contributed by atoms with van der Waals surface area (Å²) in [6, 6.07) is 6.95. The van der Waals surface area contributed by atoms with E-state index in [9.17, 15) is 13.8 Å². The minimum atomic E-state index is -1.54. The van der Waals surface area contributed by atoms with E-state index in [0.29, 0.717) is 28.2 Å². The Kier molecular flexibility index (Phi) is 7.95. The maximum atomic E-state index is 12.6. The fourth-order valence-corrected chi connectivity index (χ4v) is 3.86. The van der Waals surface area contributed by atoms with E-state index >= 15 is 0 Å². The molecule has 0 radical (unpaired) electrons.